The van der Waals surface area contributed by atoms with Crippen LogP contribution in [-0.2, 0) is 9.62 Å². The second-order valence-electron chi connectivity index (χ2n) is 3.69. The highest BCUT2D eigenvalue weighted by molar-refractivity contribution is 5.64. The lowest BCUT2D eigenvalue weighted by molar-refractivity contribution is -0.306. The molecule has 0 radical (unpaired) electrons. The van der Waals surface area contributed by atoms with Gasteiger partial charge in [0.05, 0.1) is 11.7 Å². The minimum atomic E-state index is -0.713. The molecule has 0 bridgehead atoms. The van der Waals surface area contributed by atoms with Crippen LogP contribution in [-0.4, -0.2) is 23.1 Å². The quantitative estimate of drug-likeness (QED) is 0.491. The van der Waals surface area contributed by atoms with Crippen LogP contribution < -0.4 is 5.73 Å². The van der Waals surface area contributed by atoms with Gasteiger partial charge in [-0.25, -0.2) is 9.68 Å². The summed E-state index contributed by atoms with van der Waals surface area (Å²) in [6.07, 6.45) is -0.813. The van der Waals surface area contributed by atoms with E-state index in [2.05, 4.69) is 15.4 Å². The topological polar surface area (TPSA) is 81.8 Å². The Bertz CT molecular complexity index is 140. The Hall–Kier alpha value is -0.810. The van der Waals surface area contributed by atoms with Gasteiger partial charge < -0.3 is 10.5 Å². The second kappa shape index (κ2) is 6.68. The standard InChI is InChI=1S/C4H9NO2.C4H10O2/c1-3(2)7-4(5)6;1-4(2,3)6-5/h3H,1-2H3,(H2,5,6);5H,1-3H3. The smallest absolute Gasteiger partial charge is 0.404 e. The van der Waals surface area contributed by atoms with E-state index in [4.69, 9.17) is 5.26 Å². The third-order valence-electron chi connectivity index (χ3n) is 0.626. The van der Waals surface area contributed by atoms with Crippen LogP contribution in [0.4, 0.5) is 4.79 Å². The van der Waals surface area contributed by atoms with Crippen molar-refractivity contribution in [3.8, 4) is 0 Å². The predicted octanol–water partition coefficient (Wildman–Crippen LogP) is 1.76. The highest BCUT2D eigenvalue weighted by atomic mass is 17.1. The van der Waals surface area contributed by atoms with Crippen LogP contribution >= 0.6 is 0 Å². The SMILES string of the molecule is CC(C)(C)OO.CC(C)OC(N)=O. The van der Waals surface area contributed by atoms with E-state index in [1.807, 2.05) is 0 Å². The number of carbonyl (C=O) groups is 1. The number of hydrogen-bond donors (Lipinski definition) is 2. The van der Waals surface area contributed by atoms with Gasteiger partial charge in [0.25, 0.3) is 0 Å². The van der Waals surface area contributed by atoms with Gasteiger partial charge in [0, 0.05) is 0 Å². The first-order valence-electron chi connectivity index (χ1n) is 3.97. The lowest BCUT2D eigenvalue weighted by atomic mass is 10.2. The number of primary amides is 1. The van der Waals surface area contributed by atoms with Gasteiger partial charge in [-0.15, -0.1) is 0 Å². The summed E-state index contributed by atoms with van der Waals surface area (Å²) in [7, 11) is 0. The molecule has 1 amide bonds. The van der Waals surface area contributed by atoms with Gasteiger partial charge >= 0.3 is 6.09 Å². The van der Waals surface area contributed by atoms with E-state index >= 15 is 0 Å². The molecule has 5 heteroatoms. The van der Waals surface area contributed by atoms with Gasteiger partial charge in [0.1, 0.15) is 0 Å². The monoisotopic (exact) mass is 193 g/mol. The molecule has 0 aromatic heterocycles. The summed E-state index contributed by atoms with van der Waals surface area (Å²) in [6.45, 7) is 8.79. The van der Waals surface area contributed by atoms with E-state index in [-0.39, 0.29) is 6.10 Å². The summed E-state index contributed by atoms with van der Waals surface area (Å²) in [5.41, 5.74) is 4.23. The fraction of sp³-hybridized carbons (Fsp3) is 0.875. The third-order valence-corrected chi connectivity index (χ3v) is 0.626. The van der Waals surface area contributed by atoms with Crippen molar-refractivity contribution in [3.05, 3.63) is 0 Å². The summed E-state index contributed by atoms with van der Waals surface area (Å²) < 4.78 is 4.39. The zero-order chi connectivity index (χ0) is 11.1. The number of nitrogens with two attached hydrogens (primary N) is 1. The fourth-order valence-electron chi connectivity index (χ4n) is 0.232. The van der Waals surface area contributed by atoms with Crippen LogP contribution in [0.5, 0.6) is 0 Å². The van der Waals surface area contributed by atoms with Crippen molar-refractivity contribution in [2.24, 2.45) is 5.73 Å². The van der Waals surface area contributed by atoms with Gasteiger partial charge in [-0.1, -0.05) is 0 Å². The fourth-order valence-corrected chi connectivity index (χ4v) is 0.232. The van der Waals surface area contributed by atoms with E-state index in [1.165, 1.54) is 0 Å². The Balaban J connectivity index is 0. The van der Waals surface area contributed by atoms with E-state index < -0.39 is 11.7 Å². The zero-order valence-electron chi connectivity index (χ0n) is 8.83. The van der Waals surface area contributed by atoms with E-state index in [1.54, 1.807) is 34.6 Å². The molecule has 80 valence electrons. The Morgan fingerprint density at radius 2 is 1.69 bits per heavy atom. The Kier molecular flexibility index (Phi) is 7.55. The van der Waals surface area contributed by atoms with Crippen molar-refractivity contribution in [3.63, 3.8) is 0 Å². The molecule has 0 aromatic rings. The van der Waals surface area contributed by atoms with Gasteiger partial charge in [0.2, 0.25) is 0 Å². The van der Waals surface area contributed by atoms with Gasteiger partial charge in [-0.3, -0.25) is 5.26 Å². The van der Waals surface area contributed by atoms with Crippen LogP contribution in [0.15, 0.2) is 0 Å². The average Bonchev–Trinajstić information content (AvgIpc) is 1.84. The number of rotatable bonds is 1. The minimum Gasteiger partial charge on any atom is -0.447 e. The number of ether oxygens (including phenoxy) is 1. The number of carbonyl (C=O) groups excluding carboxylic acids is 1. The molecule has 0 rings (SSSR count). The van der Waals surface area contributed by atoms with Crippen molar-refractivity contribution < 1.29 is 19.7 Å². The molecule has 0 heterocycles. The van der Waals surface area contributed by atoms with Gasteiger partial charge in [0.15, 0.2) is 0 Å². The third kappa shape index (κ3) is 24.7. The largest absolute Gasteiger partial charge is 0.447 e. The summed E-state index contributed by atoms with van der Waals surface area (Å²) in [6, 6.07) is 0. The maximum Gasteiger partial charge on any atom is 0.404 e. The first kappa shape index (κ1) is 14.7. The average molecular weight is 193 g/mol. The van der Waals surface area contributed by atoms with Gasteiger partial charge in [-0.2, -0.15) is 0 Å². The first-order valence-corrected chi connectivity index (χ1v) is 3.97. The number of amides is 1. The lowest BCUT2D eigenvalue weighted by Gasteiger charge is -2.10. The van der Waals surface area contributed by atoms with Crippen LogP contribution in [0.3, 0.4) is 0 Å². The molecule has 0 aromatic carbocycles. The van der Waals surface area contributed by atoms with Crippen LogP contribution in [0, 0.1) is 0 Å². The molecular weight excluding hydrogens is 174 g/mol. The lowest BCUT2D eigenvalue weighted by Crippen LogP contribution is -2.17. The Labute approximate surface area is 78.8 Å². The molecule has 0 aliphatic heterocycles. The van der Waals surface area contributed by atoms with E-state index in [0.29, 0.717) is 0 Å². The maximum absolute atomic E-state index is 9.81. The molecular formula is C8H19NO4. The molecule has 0 saturated carbocycles. The molecule has 0 fully saturated rings. The van der Waals surface area contributed by atoms with Crippen molar-refractivity contribution >= 4 is 6.09 Å². The Morgan fingerprint density at radius 3 is 1.69 bits per heavy atom. The number of hydrogen-bond acceptors (Lipinski definition) is 4. The predicted molar refractivity (Wildman–Crippen MR) is 49.3 cm³/mol. The molecule has 0 aliphatic carbocycles. The van der Waals surface area contributed by atoms with Gasteiger partial charge in [-0.05, 0) is 34.6 Å². The molecule has 3 N–H and O–H groups in total. The molecule has 0 aliphatic rings. The summed E-state index contributed by atoms with van der Waals surface area (Å²) in [5.74, 6) is 0. The summed E-state index contributed by atoms with van der Waals surface area (Å²) >= 11 is 0. The molecule has 5 nitrogen and oxygen atoms in total. The normalized spacial score (nSPS) is 10.4. The molecule has 0 spiro atoms. The maximum atomic E-state index is 9.81. The highest BCUT2D eigenvalue weighted by Gasteiger charge is 2.06. The summed E-state index contributed by atoms with van der Waals surface area (Å²) in [4.78, 5) is 13.7. The van der Waals surface area contributed by atoms with Crippen molar-refractivity contribution in [1.29, 1.82) is 0 Å². The highest BCUT2D eigenvalue weighted by Crippen LogP contribution is 2.01. The van der Waals surface area contributed by atoms with E-state index in [9.17, 15) is 4.79 Å². The van der Waals surface area contributed by atoms with Crippen LogP contribution in [0.25, 0.3) is 0 Å². The molecule has 0 unspecified atom stereocenters. The van der Waals surface area contributed by atoms with E-state index in [0.717, 1.165) is 0 Å². The molecule has 0 saturated heterocycles. The minimum absolute atomic E-state index is 0.0995. The molecule has 13 heavy (non-hydrogen) atoms. The Morgan fingerprint density at radius 1 is 1.38 bits per heavy atom. The molecule has 0 atom stereocenters. The summed E-state index contributed by atoms with van der Waals surface area (Å²) in [5, 5.41) is 7.90. The van der Waals surface area contributed by atoms with Crippen molar-refractivity contribution in [1.82, 2.24) is 0 Å². The van der Waals surface area contributed by atoms with Crippen molar-refractivity contribution in [2.75, 3.05) is 0 Å². The first-order chi connectivity index (χ1) is 5.69. The van der Waals surface area contributed by atoms with Crippen LogP contribution in [0.2, 0.25) is 0 Å². The zero-order valence-corrected chi connectivity index (χ0v) is 8.83. The van der Waals surface area contributed by atoms with Crippen LogP contribution in [0.1, 0.15) is 34.6 Å². The van der Waals surface area contributed by atoms with Crippen molar-refractivity contribution in [2.45, 2.75) is 46.3 Å². The second-order valence-corrected chi connectivity index (χ2v) is 3.69.